The van der Waals surface area contributed by atoms with Gasteiger partial charge in [0.2, 0.25) is 0 Å². The van der Waals surface area contributed by atoms with Gasteiger partial charge < -0.3 is 10.5 Å². The van der Waals surface area contributed by atoms with Crippen LogP contribution in [0, 0.1) is 6.92 Å². The Morgan fingerprint density at radius 1 is 0.957 bits per heavy atom. The van der Waals surface area contributed by atoms with Gasteiger partial charge in [-0.05, 0) is 72.7 Å². The molecule has 0 aliphatic rings. The normalized spacial score (nSPS) is 10.8. The molecule has 0 radical (unpaired) electrons. The molecule has 0 fully saturated rings. The lowest BCUT2D eigenvalue weighted by Crippen LogP contribution is -2.07. The number of ether oxygens (including phenoxy) is 1. The SMILES string of the molecule is CCCc1cc(-c2ccc(OCCCN)c(CC)c2)ccc1C. The monoisotopic (exact) mass is 311 g/mol. The summed E-state index contributed by atoms with van der Waals surface area (Å²) in [6.07, 6.45) is 4.18. The summed E-state index contributed by atoms with van der Waals surface area (Å²) in [4.78, 5) is 0. The topological polar surface area (TPSA) is 35.2 Å². The fraction of sp³-hybridized carbons (Fsp3) is 0.429. The highest BCUT2D eigenvalue weighted by Crippen LogP contribution is 2.29. The van der Waals surface area contributed by atoms with E-state index in [0.29, 0.717) is 13.2 Å². The highest BCUT2D eigenvalue weighted by Gasteiger charge is 2.07. The first-order valence-electron chi connectivity index (χ1n) is 8.75. The molecule has 2 rings (SSSR count). The summed E-state index contributed by atoms with van der Waals surface area (Å²) in [5.74, 6) is 0.991. The highest BCUT2D eigenvalue weighted by atomic mass is 16.5. The van der Waals surface area contributed by atoms with E-state index in [-0.39, 0.29) is 0 Å². The molecule has 2 aromatic rings. The summed E-state index contributed by atoms with van der Waals surface area (Å²) < 4.78 is 5.86. The van der Waals surface area contributed by atoms with E-state index in [1.165, 1.54) is 34.2 Å². The maximum atomic E-state index is 5.86. The van der Waals surface area contributed by atoms with Crippen LogP contribution in [-0.4, -0.2) is 13.2 Å². The Hall–Kier alpha value is -1.80. The van der Waals surface area contributed by atoms with Crippen molar-refractivity contribution in [3.63, 3.8) is 0 Å². The van der Waals surface area contributed by atoms with Crippen LogP contribution in [0.3, 0.4) is 0 Å². The van der Waals surface area contributed by atoms with Gasteiger partial charge in [0.15, 0.2) is 0 Å². The molecule has 0 unspecified atom stereocenters. The number of rotatable bonds is 8. The zero-order chi connectivity index (χ0) is 16.7. The second kappa shape index (κ2) is 8.73. The molecule has 124 valence electrons. The minimum atomic E-state index is 0.670. The van der Waals surface area contributed by atoms with Gasteiger partial charge in [-0.15, -0.1) is 0 Å². The molecule has 2 heteroatoms. The molecule has 0 saturated heterocycles. The zero-order valence-corrected chi connectivity index (χ0v) is 14.7. The van der Waals surface area contributed by atoms with Gasteiger partial charge in [-0.25, -0.2) is 0 Å². The van der Waals surface area contributed by atoms with E-state index >= 15 is 0 Å². The van der Waals surface area contributed by atoms with E-state index in [2.05, 4.69) is 57.2 Å². The molecule has 0 aliphatic heterocycles. The lowest BCUT2D eigenvalue weighted by Gasteiger charge is -2.13. The quantitative estimate of drug-likeness (QED) is 0.703. The second-order valence-corrected chi connectivity index (χ2v) is 6.06. The first kappa shape index (κ1) is 17.6. The van der Waals surface area contributed by atoms with Gasteiger partial charge >= 0.3 is 0 Å². The van der Waals surface area contributed by atoms with Crippen molar-refractivity contribution >= 4 is 0 Å². The van der Waals surface area contributed by atoms with Crippen molar-refractivity contribution in [2.45, 2.75) is 46.5 Å². The number of hydrogen-bond donors (Lipinski definition) is 1. The van der Waals surface area contributed by atoms with Gasteiger partial charge in [0, 0.05) is 0 Å². The van der Waals surface area contributed by atoms with Crippen LogP contribution in [0.15, 0.2) is 36.4 Å². The molecule has 2 aromatic carbocycles. The number of nitrogens with two attached hydrogens (primary N) is 1. The van der Waals surface area contributed by atoms with E-state index in [0.717, 1.165) is 25.0 Å². The molecule has 0 aliphatic carbocycles. The molecule has 0 aromatic heterocycles. The molecule has 0 saturated carbocycles. The summed E-state index contributed by atoms with van der Waals surface area (Å²) in [6, 6.07) is 13.3. The van der Waals surface area contributed by atoms with E-state index in [4.69, 9.17) is 10.5 Å². The summed E-state index contributed by atoms with van der Waals surface area (Å²) in [7, 11) is 0. The van der Waals surface area contributed by atoms with Crippen molar-refractivity contribution in [1.29, 1.82) is 0 Å². The van der Waals surface area contributed by atoms with Crippen LogP contribution in [-0.2, 0) is 12.8 Å². The third kappa shape index (κ3) is 4.59. The van der Waals surface area contributed by atoms with Crippen LogP contribution in [0.4, 0.5) is 0 Å². The maximum Gasteiger partial charge on any atom is 0.122 e. The number of hydrogen-bond acceptors (Lipinski definition) is 2. The average molecular weight is 311 g/mol. The minimum Gasteiger partial charge on any atom is -0.493 e. The molecule has 0 heterocycles. The van der Waals surface area contributed by atoms with Gasteiger partial charge in [0.25, 0.3) is 0 Å². The lowest BCUT2D eigenvalue weighted by atomic mass is 9.96. The van der Waals surface area contributed by atoms with Gasteiger partial charge in [-0.3, -0.25) is 0 Å². The van der Waals surface area contributed by atoms with Crippen molar-refractivity contribution in [3.05, 3.63) is 53.1 Å². The Morgan fingerprint density at radius 3 is 2.30 bits per heavy atom. The molecule has 0 spiro atoms. The summed E-state index contributed by atoms with van der Waals surface area (Å²) in [5.41, 5.74) is 12.2. The molecule has 2 N–H and O–H groups in total. The van der Waals surface area contributed by atoms with Crippen molar-refractivity contribution in [2.75, 3.05) is 13.2 Å². The fourth-order valence-electron chi connectivity index (χ4n) is 2.83. The Bertz CT molecular complexity index is 634. The van der Waals surface area contributed by atoms with Crippen molar-refractivity contribution in [1.82, 2.24) is 0 Å². The molecular weight excluding hydrogens is 282 g/mol. The molecule has 23 heavy (non-hydrogen) atoms. The van der Waals surface area contributed by atoms with Crippen LogP contribution >= 0.6 is 0 Å². The van der Waals surface area contributed by atoms with Crippen molar-refractivity contribution < 1.29 is 4.74 Å². The van der Waals surface area contributed by atoms with E-state index in [1.54, 1.807) is 0 Å². The Labute approximate surface area is 140 Å². The van der Waals surface area contributed by atoms with Gasteiger partial charge in [-0.1, -0.05) is 44.5 Å². The minimum absolute atomic E-state index is 0.670. The second-order valence-electron chi connectivity index (χ2n) is 6.06. The Kier molecular flexibility index (Phi) is 6.66. The maximum absolute atomic E-state index is 5.86. The standard InChI is InChI=1S/C21H29NO/c1-4-7-18-15-19(9-8-16(18)3)20-10-11-21(17(5-2)14-20)23-13-6-12-22/h8-11,14-15H,4-7,12-13,22H2,1-3H3. The zero-order valence-electron chi connectivity index (χ0n) is 14.7. The summed E-state index contributed by atoms with van der Waals surface area (Å²) >= 11 is 0. The van der Waals surface area contributed by atoms with Crippen molar-refractivity contribution in [2.24, 2.45) is 5.73 Å². The summed E-state index contributed by atoms with van der Waals surface area (Å²) in [6.45, 7) is 7.96. The lowest BCUT2D eigenvalue weighted by molar-refractivity contribution is 0.310. The van der Waals surface area contributed by atoms with Gasteiger partial charge in [0.05, 0.1) is 6.61 Å². The Balaban J connectivity index is 2.28. The van der Waals surface area contributed by atoms with E-state index < -0.39 is 0 Å². The fourth-order valence-corrected chi connectivity index (χ4v) is 2.83. The number of aryl methyl sites for hydroxylation is 3. The smallest absolute Gasteiger partial charge is 0.122 e. The largest absolute Gasteiger partial charge is 0.493 e. The highest BCUT2D eigenvalue weighted by molar-refractivity contribution is 5.67. The van der Waals surface area contributed by atoms with E-state index in [1.807, 2.05) is 0 Å². The molecule has 0 bridgehead atoms. The predicted molar refractivity (Wildman–Crippen MR) is 99.2 cm³/mol. The van der Waals surface area contributed by atoms with Crippen LogP contribution in [0.2, 0.25) is 0 Å². The third-order valence-electron chi connectivity index (χ3n) is 4.25. The molecule has 2 nitrogen and oxygen atoms in total. The average Bonchev–Trinajstić information content (AvgIpc) is 2.57. The van der Waals surface area contributed by atoms with Gasteiger partial charge in [0.1, 0.15) is 5.75 Å². The summed E-state index contributed by atoms with van der Waals surface area (Å²) in [5, 5.41) is 0. The van der Waals surface area contributed by atoms with Crippen molar-refractivity contribution in [3.8, 4) is 16.9 Å². The molecule has 0 atom stereocenters. The van der Waals surface area contributed by atoms with Gasteiger partial charge in [-0.2, -0.15) is 0 Å². The first-order chi connectivity index (χ1) is 11.2. The van der Waals surface area contributed by atoms with Crippen LogP contribution in [0.5, 0.6) is 5.75 Å². The Morgan fingerprint density at radius 2 is 1.65 bits per heavy atom. The predicted octanol–water partition coefficient (Wildman–Crippen LogP) is 4.90. The van der Waals surface area contributed by atoms with Crippen LogP contribution < -0.4 is 10.5 Å². The van der Waals surface area contributed by atoms with Crippen LogP contribution in [0.1, 0.15) is 43.4 Å². The van der Waals surface area contributed by atoms with E-state index in [9.17, 15) is 0 Å². The number of benzene rings is 2. The third-order valence-corrected chi connectivity index (χ3v) is 4.25. The molecule has 0 amide bonds. The van der Waals surface area contributed by atoms with Crippen LogP contribution in [0.25, 0.3) is 11.1 Å². The first-order valence-corrected chi connectivity index (χ1v) is 8.75. The molecular formula is C21H29NO.